The highest BCUT2D eigenvalue weighted by molar-refractivity contribution is 5.94. The van der Waals surface area contributed by atoms with Gasteiger partial charge in [-0.15, -0.1) is 0 Å². The second-order valence-corrected chi connectivity index (χ2v) is 7.74. The van der Waals surface area contributed by atoms with E-state index >= 15 is 0 Å². The predicted octanol–water partition coefficient (Wildman–Crippen LogP) is 4.27. The molecule has 1 atom stereocenters. The first-order valence-electron chi connectivity index (χ1n) is 10.8. The maximum atomic E-state index is 13.2. The van der Waals surface area contributed by atoms with Crippen molar-refractivity contribution < 1.29 is 19.1 Å². The Morgan fingerprint density at radius 3 is 2.24 bits per heavy atom. The van der Waals surface area contributed by atoms with Gasteiger partial charge in [-0.25, -0.2) is 4.79 Å². The van der Waals surface area contributed by atoms with Crippen LogP contribution >= 0.6 is 0 Å². The van der Waals surface area contributed by atoms with Crippen LogP contribution in [0.25, 0.3) is 0 Å². The summed E-state index contributed by atoms with van der Waals surface area (Å²) in [6.45, 7) is 0.769. The number of amides is 3. The molecule has 0 fully saturated rings. The van der Waals surface area contributed by atoms with Gasteiger partial charge in [-0.05, 0) is 53.9 Å². The maximum Gasteiger partial charge on any atom is 0.322 e. The third-order valence-electron chi connectivity index (χ3n) is 5.78. The van der Waals surface area contributed by atoms with Crippen LogP contribution in [0.4, 0.5) is 10.5 Å². The minimum atomic E-state index is -0.370. The van der Waals surface area contributed by atoms with Crippen molar-refractivity contribution in [2.75, 3.05) is 32.6 Å². The molecular weight excluding hydrogens is 418 g/mol. The normalized spacial score (nSPS) is 14.7. The van der Waals surface area contributed by atoms with Crippen LogP contribution in [0, 0.1) is 0 Å². The van der Waals surface area contributed by atoms with E-state index in [1.807, 2.05) is 60.7 Å². The smallest absolute Gasteiger partial charge is 0.322 e. The molecule has 0 aromatic heterocycles. The number of nitrogens with zero attached hydrogens (tertiary/aromatic N) is 1. The Morgan fingerprint density at radius 1 is 0.939 bits per heavy atom. The lowest BCUT2D eigenvalue weighted by molar-refractivity contribution is 0.0936. The highest BCUT2D eigenvalue weighted by Gasteiger charge is 2.32. The molecule has 7 heteroatoms. The Hall–Kier alpha value is -4.00. The van der Waals surface area contributed by atoms with Crippen LogP contribution in [0.15, 0.2) is 72.8 Å². The van der Waals surface area contributed by atoms with Crippen LogP contribution in [0.3, 0.4) is 0 Å². The van der Waals surface area contributed by atoms with Gasteiger partial charge in [-0.2, -0.15) is 0 Å². The number of hydrogen-bond acceptors (Lipinski definition) is 4. The first-order chi connectivity index (χ1) is 16.1. The van der Waals surface area contributed by atoms with E-state index < -0.39 is 0 Å². The Bertz CT molecular complexity index is 1120. The van der Waals surface area contributed by atoms with Gasteiger partial charge in [0.05, 0.1) is 20.3 Å². The minimum absolute atomic E-state index is 0.188. The molecule has 3 aromatic rings. The van der Waals surface area contributed by atoms with E-state index in [4.69, 9.17) is 9.47 Å². The molecule has 1 heterocycles. The van der Waals surface area contributed by atoms with E-state index in [9.17, 15) is 9.59 Å². The fraction of sp³-hybridized carbons (Fsp3) is 0.231. The van der Waals surface area contributed by atoms with Gasteiger partial charge in [0.15, 0.2) is 11.5 Å². The number of hydrogen-bond donors (Lipinski definition) is 2. The van der Waals surface area contributed by atoms with E-state index in [1.165, 1.54) is 0 Å². The molecule has 1 aliphatic rings. The van der Waals surface area contributed by atoms with Gasteiger partial charge in [-0.1, -0.05) is 36.4 Å². The number of carbonyl (C=O) groups excluding carboxylic acids is 2. The SMILES string of the molecule is COc1cc2c(cc1OC)C(CNC(=O)c1ccccc1)N(C(=O)Nc1ccccc1)CC2. The van der Waals surface area contributed by atoms with Gasteiger partial charge in [0, 0.05) is 24.3 Å². The Morgan fingerprint density at radius 2 is 1.58 bits per heavy atom. The van der Waals surface area contributed by atoms with Crippen molar-refractivity contribution >= 4 is 17.6 Å². The maximum absolute atomic E-state index is 13.2. The number of ether oxygens (including phenoxy) is 2. The second-order valence-electron chi connectivity index (χ2n) is 7.74. The lowest BCUT2D eigenvalue weighted by Crippen LogP contribution is -2.46. The van der Waals surface area contributed by atoms with Crippen molar-refractivity contribution in [2.45, 2.75) is 12.5 Å². The molecule has 3 amide bonds. The summed E-state index contributed by atoms with van der Waals surface area (Å²) in [6, 6.07) is 21.6. The molecule has 0 saturated heterocycles. The fourth-order valence-corrected chi connectivity index (χ4v) is 4.09. The number of para-hydroxylation sites is 1. The van der Waals surface area contributed by atoms with Gasteiger partial charge in [-0.3, -0.25) is 4.79 Å². The van der Waals surface area contributed by atoms with E-state index in [-0.39, 0.29) is 24.5 Å². The van der Waals surface area contributed by atoms with Crippen LogP contribution in [0.1, 0.15) is 27.5 Å². The predicted molar refractivity (Wildman–Crippen MR) is 127 cm³/mol. The topological polar surface area (TPSA) is 79.9 Å². The van der Waals surface area contributed by atoms with Gasteiger partial charge in [0.25, 0.3) is 5.91 Å². The average molecular weight is 446 g/mol. The number of fused-ring (bicyclic) bond motifs is 1. The van der Waals surface area contributed by atoms with Crippen LogP contribution in [-0.4, -0.2) is 44.1 Å². The summed E-state index contributed by atoms with van der Waals surface area (Å²) < 4.78 is 11.0. The third kappa shape index (κ3) is 4.92. The molecule has 0 saturated carbocycles. The molecule has 1 unspecified atom stereocenters. The zero-order valence-electron chi connectivity index (χ0n) is 18.7. The van der Waals surface area contributed by atoms with Crippen molar-refractivity contribution in [1.82, 2.24) is 10.2 Å². The summed E-state index contributed by atoms with van der Waals surface area (Å²) in [4.78, 5) is 27.7. The zero-order valence-corrected chi connectivity index (χ0v) is 18.7. The summed E-state index contributed by atoms with van der Waals surface area (Å²) in [5.41, 5.74) is 3.28. The van der Waals surface area contributed by atoms with Gasteiger partial charge in [0.1, 0.15) is 0 Å². The Kier molecular flexibility index (Phi) is 6.78. The second kappa shape index (κ2) is 10.1. The third-order valence-corrected chi connectivity index (χ3v) is 5.78. The van der Waals surface area contributed by atoms with E-state index in [0.717, 1.165) is 11.1 Å². The summed E-state index contributed by atoms with van der Waals surface area (Å²) >= 11 is 0. The van der Waals surface area contributed by atoms with Crippen LogP contribution < -0.4 is 20.1 Å². The minimum Gasteiger partial charge on any atom is -0.493 e. The largest absolute Gasteiger partial charge is 0.493 e. The lowest BCUT2D eigenvalue weighted by atomic mass is 9.91. The van der Waals surface area contributed by atoms with Crippen molar-refractivity contribution in [3.05, 3.63) is 89.5 Å². The highest BCUT2D eigenvalue weighted by atomic mass is 16.5. The molecule has 4 rings (SSSR count). The summed E-state index contributed by atoms with van der Waals surface area (Å²) in [5.74, 6) is 1.04. The quantitative estimate of drug-likeness (QED) is 0.594. The highest BCUT2D eigenvalue weighted by Crippen LogP contribution is 2.38. The van der Waals surface area contributed by atoms with Gasteiger partial charge < -0.3 is 25.0 Å². The van der Waals surface area contributed by atoms with Crippen LogP contribution in [0.2, 0.25) is 0 Å². The van der Waals surface area contributed by atoms with Crippen molar-refractivity contribution in [2.24, 2.45) is 0 Å². The molecule has 7 nitrogen and oxygen atoms in total. The number of rotatable bonds is 6. The van der Waals surface area contributed by atoms with Gasteiger partial charge >= 0.3 is 6.03 Å². The van der Waals surface area contributed by atoms with E-state index in [2.05, 4.69) is 10.6 Å². The molecule has 1 aliphatic heterocycles. The fourth-order valence-electron chi connectivity index (χ4n) is 4.09. The average Bonchev–Trinajstić information content (AvgIpc) is 2.87. The number of urea groups is 1. The molecule has 170 valence electrons. The van der Waals surface area contributed by atoms with E-state index in [1.54, 1.807) is 31.3 Å². The number of nitrogens with one attached hydrogen (secondary N) is 2. The summed E-state index contributed by atoms with van der Waals surface area (Å²) in [7, 11) is 3.18. The number of anilines is 1. The first kappa shape index (κ1) is 22.2. The van der Waals surface area contributed by atoms with Crippen molar-refractivity contribution in [3.8, 4) is 11.5 Å². The molecule has 0 spiro atoms. The van der Waals surface area contributed by atoms with Crippen LogP contribution in [-0.2, 0) is 6.42 Å². The molecule has 33 heavy (non-hydrogen) atoms. The van der Waals surface area contributed by atoms with Crippen LogP contribution in [0.5, 0.6) is 11.5 Å². The monoisotopic (exact) mass is 445 g/mol. The molecule has 0 bridgehead atoms. The van der Waals surface area contributed by atoms with Crippen molar-refractivity contribution in [3.63, 3.8) is 0 Å². The van der Waals surface area contributed by atoms with E-state index in [0.29, 0.717) is 35.7 Å². The molecule has 3 aromatic carbocycles. The number of benzene rings is 3. The Labute approximate surface area is 193 Å². The van der Waals surface area contributed by atoms with Gasteiger partial charge in [0.2, 0.25) is 0 Å². The Balaban J connectivity index is 1.63. The first-order valence-corrected chi connectivity index (χ1v) is 10.8. The number of carbonyl (C=O) groups is 2. The molecule has 0 aliphatic carbocycles. The zero-order chi connectivity index (χ0) is 23.2. The summed E-state index contributed by atoms with van der Waals surface area (Å²) in [6.07, 6.45) is 0.668. The summed E-state index contributed by atoms with van der Waals surface area (Å²) in [5, 5.41) is 5.95. The number of methoxy groups -OCH3 is 2. The molecule has 2 N–H and O–H groups in total. The molecular formula is C26H27N3O4. The van der Waals surface area contributed by atoms with Crippen molar-refractivity contribution in [1.29, 1.82) is 0 Å². The molecule has 0 radical (unpaired) electrons. The standard InChI is InChI=1S/C26H27N3O4/c1-32-23-15-19-13-14-29(26(31)28-20-11-7-4-8-12-20)22(21(19)16-24(23)33-2)17-27-25(30)18-9-5-3-6-10-18/h3-12,15-16,22H,13-14,17H2,1-2H3,(H,27,30)(H,28,31). The lowest BCUT2D eigenvalue weighted by Gasteiger charge is -2.38.